The Bertz CT molecular complexity index is 657. The quantitative estimate of drug-likeness (QED) is 0.894. The smallest absolute Gasteiger partial charge is 0.335 e. The van der Waals surface area contributed by atoms with Crippen molar-refractivity contribution in [3.05, 3.63) is 45.4 Å². The maximum Gasteiger partial charge on any atom is 0.335 e. The Morgan fingerprint density at radius 2 is 2.10 bits per heavy atom. The fourth-order valence-corrected chi connectivity index (χ4v) is 2.82. The number of carboxylic acid groups (broad SMARTS) is 1. The summed E-state index contributed by atoms with van der Waals surface area (Å²) in [5.74, 6) is -0.901. The van der Waals surface area contributed by atoms with Crippen molar-refractivity contribution in [2.45, 2.75) is 39.7 Å². The number of carboxylic acids is 1. The van der Waals surface area contributed by atoms with Crippen molar-refractivity contribution in [1.82, 2.24) is 4.98 Å². The first-order valence-electron chi connectivity index (χ1n) is 6.80. The fourth-order valence-electron chi connectivity index (χ4n) is 1.91. The van der Waals surface area contributed by atoms with E-state index in [1.165, 1.54) is 4.88 Å². The van der Waals surface area contributed by atoms with Crippen LogP contribution in [0.4, 0.5) is 5.69 Å². The number of anilines is 1. The Balaban J connectivity index is 2.06. The summed E-state index contributed by atoms with van der Waals surface area (Å²) in [4.78, 5) is 16.5. The van der Waals surface area contributed by atoms with Gasteiger partial charge in [0.2, 0.25) is 0 Å². The Hall–Kier alpha value is -1.88. The molecule has 1 heterocycles. The van der Waals surface area contributed by atoms with Crippen molar-refractivity contribution >= 4 is 23.0 Å². The van der Waals surface area contributed by atoms with E-state index in [0.717, 1.165) is 16.3 Å². The largest absolute Gasteiger partial charge is 0.478 e. The molecule has 0 bridgehead atoms. The van der Waals surface area contributed by atoms with Crippen LogP contribution in [0.3, 0.4) is 0 Å². The maximum atomic E-state index is 10.9. The van der Waals surface area contributed by atoms with Crippen LogP contribution in [0.2, 0.25) is 0 Å². The number of aromatic nitrogens is 1. The van der Waals surface area contributed by atoms with Gasteiger partial charge < -0.3 is 10.4 Å². The van der Waals surface area contributed by atoms with Crippen LogP contribution in [0.25, 0.3) is 0 Å². The van der Waals surface area contributed by atoms with Crippen LogP contribution in [-0.2, 0) is 12.0 Å². The van der Waals surface area contributed by atoms with E-state index in [2.05, 4.69) is 31.1 Å². The highest BCUT2D eigenvalue weighted by Crippen LogP contribution is 2.27. The van der Waals surface area contributed by atoms with Gasteiger partial charge in [0.1, 0.15) is 0 Å². The second-order valence-electron chi connectivity index (χ2n) is 6.07. The van der Waals surface area contributed by atoms with Crippen molar-refractivity contribution in [3.8, 4) is 0 Å². The van der Waals surface area contributed by atoms with Crippen molar-refractivity contribution < 1.29 is 9.90 Å². The lowest BCUT2D eigenvalue weighted by Crippen LogP contribution is -2.09. The van der Waals surface area contributed by atoms with E-state index in [9.17, 15) is 4.79 Å². The van der Waals surface area contributed by atoms with Gasteiger partial charge in [0, 0.05) is 22.2 Å². The summed E-state index contributed by atoms with van der Waals surface area (Å²) in [5, 5.41) is 13.4. The van der Waals surface area contributed by atoms with Crippen molar-refractivity contribution in [1.29, 1.82) is 0 Å². The van der Waals surface area contributed by atoms with Crippen LogP contribution < -0.4 is 5.32 Å². The highest BCUT2D eigenvalue weighted by Gasteiger charge is 2.17. The van der Waals surface area contributed by atoms with Crippen LogP contribution >= 0.6 is 11.3 Å². The molecular weight excluding hydrogens is 284 g/mol. The SMILES string of the molecule is Cc1cc(C(=O)O)ccc1NCc1cnc(C(C)(C)C)s1. The summed E-state index contributed by atoms with van der Waals surface area (Å²) in [6, 6.07) is 5.10. The van der Waals surface area contributed by atoms with Gasteiger partial charge >= 0.3 is 5.97 Å². The molecular formula is C16H20N2O2S. The number of hydrogen-bond acceptors (Lipinski definition) is 4. The lowest BCUT2D eigenvalue weighted by molar-refractivity contribution is 0.0697. The van der Waals surface area contributed by atoms with Crippen molar-refractivity contribution in [2.24, 2.45) is 0 Å². The zero-order valence-electron chi connectivity index (χ0n) is 12.7. The molecule has 2 aromatic rings. The molecule has 21 heavy (non-hydrogen) atoms. The molecule has 0 spiro atoms. The van der Waals surface area contributed by atoms with Gasteiger partial charge in [0.05, 0.1) is 17.1 Å². The Morgan fingerprint density at radius 1 is 1.38 bits per heavy atom. The first kappa shape index (κ1) is 15.5. The number of nitrogens with one attached hydrogen (secondary N) is 1. The normalized spacial score (nSPS) is 11.4. The van der Waals surface area contributed by atoms with Crippen LogP contribution in [-0.4, -0.2) is 16.1 Å². The first-order valence-corrected chi connectivity index (χ1v) is 7.62. The number of aryl methyl sites for hydroxylation is 1. The molecule has 1 aromatic carbocycles. The van der Waals surface area contributed by atoms with Gasteiger partial charge in [-0.2, -0.15) is 0 Å². The summed E-state index contributed by atoms with van der Waals surface area (Å²) >= 11 is 1.71. The molecule has 2 N–H and O–H groups in total. The topological polar surface area (TPSA) is 62.2 Å². The average molecular weight is 304 g/mol. The first-order chi connectivity index (χ1) is 9.77. The van der Waals surface area contributed by atoms with Crippen LogP contribution in [0.1, 0.15) is 46.6 Å². The molecule has 0 amide bonds. The summed E-state index contributed by atoms with van der Waals surface area (Å²) in [6.45, 7) is 9.05. The average Bonchev–Trinajstić information content (AvgIpc) is 2.85. The molecule has 0 radical (unpaired) electrons. The van der Waals surface area contributed by atoms with Gasteiger partial charge in [-0.1, -0.05) is 20.8 Å². The van der Waals surface area contributed by atoms with Crippen LogP contribution in [0.15, 0.2) is 24.4 Å². The molecule has 4 nitrogen and oxygen atoms in total. The summed E-state index contributed by atoms with van der Waals surface area (Å²) in [7, 11) is 0. The molecule has 0 aliphatic heterocycles. The maximum absolute atomic E-state index is 10.9. The molecule has 1 aromatic heterocycles. The van der Waals surface area contributed by atoms with Gasteiger partial charge in [-0.25, -0.2) is 9.78 Å². The number of benzene rings is 1. The standard InChI is InChI=1S/C16H20N2O2S/c1-10-7-11(14(19)20)5-6-13(10)17-8-12-9-18-15(21-12)16(2,3)4/h5-7,9,17H,8H2,1-4H3,(H,19,20). The van der Waals surface area contributed by atoms with E-state index in [0.29, 0.717) is 12.1 Å². The monoisotopic (exact) mass is 304 g/mol. The van der Waals surface area contributed by atoms with Crippen LogP contribution in [0.5, 0.6) is 0 Å². The number of aromatic carboxylic acids is 1. The molecule has 112 valence electrons. The third kappa shape index (κ3) is 3.82. The molecule has 0 aliphatic carbocycles. The van der Waals surface area contributed by atoms with E-state index in [1.807, 2.05) is 19.2 Å². The summed E-state index contributed by atoms with van der Waals surface area (Å²) < 4.78 is 0. The van der Waals surface area contributed by atoms with Crippen molar-refractivity contribution in [3.63, 3.8) is 0 Å². The molecule has 0 aliphatic rings. The van der Waals surface area contributed by atoms with Gasteiger partial charge in [0.15, 0.2) is 0 Å². The van der Waals surface area contributed by atoms with Crippen molar-refractivity contribution in [2.75, 3.05) is 5.32 Å². The fraction of sp³-hybridized carbons (Fsp3) is 0.375. The van der Waals surface area contributed by atoms with Gasteiger partial charge in [-0.3, -0.25) is 0 Å². The zero-order chi connectivity index (χ0) is 15.6. The second kappa shape index (κ2) is 5.85. The lowest BCUT2D eigenvalue weighted by atomic mass is 9.98. The third-order valence-corrected chi connectivity index (χ3v) is 4.54. The molecule has 0 saturated carbocycles. The number of carbonyl (C=O) groups is 1. The van der Waals surface area contributed by atoms with Crippen LogP contribution in [0, 0.1) is 6.92 Å². The Kier molecular flexibility index (Phi) is 4.32. The minimum atomic E-state index is -0.901. The molecule has 0 unspecified atom stereocenters. The van der Waals surface area contributed by atoms with E-state index in [4.69, 9.17) is 5.11 Å². The predicted molar refractivity (Wildman–Crippen MR) is 86.3 cm³/mol. The number of hydrogen-bond donors (Lipinski definition) is 2. The van der Waals surface area contributed by atoms with E-state index in [1.54, 1.807) is 23.5 Å². The third-order valence-electron chi connectivity index (χ3n) is 3.12. The van der Waals surface area contributed by atoms with E-state index >= 15 is 0 Å². The number of nitrogens with zero attached hydrogens (tertiary/aromatic N) is 1. The molecule has 0 atom stereocenters. The minimum absolute atomic E-state index is 0.0714. The molecule has 0 saturated heterocycles. The lowest BCUT2D eigenvalue weighted by Gasteiger charge is -2.13. The van der Waals surface area contributed by atoms with Gasteiger partial charge in [-0.15, -0.1) is 11.3 Å². The zero-order valence-corrected chi connectivity index (χ0v) is 13.5. The molecule has 2 rings (SSSR count). The number of thiazole rings is 1. The van der Waals surface area contributed by atoms with E-state index < -0.39 is 5.97 Å². The predicted octanol–water partition coefficient (Wildman–Crippen LogP) is 4.06. The second-order valence-corrected chi connectivity index (χ2v) is 7.19. The summed E-state index contributed by atoms with van der Waals surface area (Å²) in [5.41, 5.74) is 2.26. The van der Waals surface area contributed by atoms with Gasteiger partial charge in [0.25, 0.3) is 0 Å². The highest BCUT2D eigenvalue weighted by atomic mass is 32.1. The molecule has 0 fully saturated rings. The Labute approximate surface area is 128 Å². The number of rotatable bonds is 4. The summed E-state index contributed by atoms with van der Waals surface area (Å²) in [6.07, 6.45) is 1.90. The van der Waals surface area contributed by atoms with Gasteiger partial charge in [-0.05, 0) is 30.7 Å². The highest BCUT2D eigenvalue weighted by molar-refractivity contribution is 7.11. The van der Waals surface area contributed by atoms with E-state index in [-0.39, 0.29) is 5.41 Å². The Morgan fingerprint density at radius 3 is 2.62 bits per heavy atom. The minimum Gasteiger partial charge on any atom is -0.478 e. The molecule has 5 heteroatoms.